The molecule has 7 nitrogen and oxygen atoms in total. The van der Waals surface area contributed by atoms with Gasteiger partial charge in [0.1, 0.15) is 5.82 Å². The molecule has 0 aliphatic carbocycles. The lowest BCUT2D eigenvalue weighted by Gasteiger charge is -2.30. The molecule has 1 aliphatic rings. The lowest BCUT2D eigenvalue weighted by molar-refractivity contribution is -0.126. The van der Waals surface area contributed by atoms with Crippen LogP contribution in [0.4, 0.5) is 5.82 Å². The molecule has 1 N–H and O–H groups in total. The summed E-state index contributed by atoms with van der Waals surface area (Å²) in [6.07, 6.45) is 2.76. The molecule has 0 spiro atoms. The highest BCUT2D eigenvalue weighted by atomic mass is 32.2. The Morgan fingerprint density at radius 3 is 2.46 bits per heavy atom. The molecular formula is C20H26N4O3S. The van der Waals surface area contributed by atoms with Crippen LogP contribution in [0.2, 0.25) is 0 Å². The number of rotatable bonds is 6. The minimum Gasteiger partial charge on any atom is -0.362 e. The summed E-state index contributed by atoms with van der Waals surface area (Å²) in [7, 11) is 0.333. The van der Waals surface area contributed by atoms with E-state index in [1.807, 2.05) is 31.1 Å². The molecule has 1 aliphatic heterocycles. The summed E-state index contributed by atoms with van der Waals surface area (Å²) in [5.74, 6) is 0.610. The van der Waals surface area contributed by atoms with Crippen LogP contribution in [0.15, 0.2) is 53.6 Å². The minimum absolute atomic E-state index is 0.0367. The number of carbonyl (C=O) groups excluding carboxylic acids is 1. The van der Waals surface area contributed by atoms with Crippen molar-refractivity contribution in [2.45, 2.75) is 24.3 Å². The first-order chi connectivity index (χ1) is 13.4. The number of amides is 1. The van der Waals surface area contributed by atoms with Gasteiger partial charge in [0.25, 0.3) is 0 Å². The van der Waals surface area contributed by atoms with Crippen LogP contribution in [-0.2, 0) is 21.4 Å². The quantitative estimate of drug-likeness (QED) is 0.798. The molecule has 2 heterocycles. The zero-order valence-electron chi connectivity index (χ0n) is 16.2. The second-order valence-electron chi connectivity index (χ2n) is 7.09. The average molecular weight is 403 g/mol. The molecule has 28 heavy (non-hydrogen) atoms. The second-order valence-corrected chi connectivity index (χ2v) is 9.03. The standard InChI is InChI=1S/C20H26N4O3S/c1-23(2)19-17(7-6-12-21-19)15-22-20(25)16-10-13-24(14-11-16)28(26,27)18-8-4-3-5-9-18/h3-9,12,16H,10-11,13-15H2,1-2H3,(H,22,25). The van der Waals surface area contributed by atoms with E-state index in [2.05, 4.69) is 10.3 Å². The van der Waals surface area contributed by atoms with Gasteiger partial charge in [-0.15, -0.1) is 0 Å². The minimum atomic E-state index is -3.49. The number of benzene rings is 1. The van der Waals surface area contributed by atoms with Crippen molar-refractivity contribution in [3.63, 3.8) is 0 Å². The third-order valence-electron chi connectivity index (χ3n) is 4.95. The van der Waals surface area contributed by atoms with Crippen LogP contribution in [0.5, 0.6) is 0 Å². The number of anilines is 1. The van der Waals surface area contributed by atoms with Crippen molar-refractivity contribution in [2.24, 2.45) is 5.92 Å². The Morgan fingerprint density at radius 2 is 1.82 bits per heavy atom. The molecule has 0 unspecified atom stereocenters. The van der Waals surface area contributed by atoms with E-state index < -0.39 is 10.0 Å². The van der Waals surface area contributed by atoms with Gasteiger partial charge in [-0.2, -0.15) is 4.31 Å². The van der Waals surface area contributed by atoms with E-state index in [-0.39, 0.29) is 11.8 Å². The molecule has 1 aromatic carbocycles. The van der Waals surface area contributed by atoms with Crippen LogP contribution in [0.3, 0.4) is 0 Å². The number of carbonyl (C=O) groups is 1. The lowest BCUT2D eigenvalue weighted by Crippen LogP contribution is -2.42. The molecule has 2 aromatic rings. The van der Waals surface area contributed by atoms with Crippen LogP contribution < -0.4 is 10.2 Å². The summed E-state index contributed by atoms with van der Waals surface area (Å²) in [6.45, 7) is 1.11. The Hall–Kier alpha value is -2.45. The van der Waals surface area contributed by atoms with Gasteiger partial charge >= 0.3 is 0 Å². The summed E-state index contributed by atoms with van der Waals surface area (Å²) >= 11 is 0. The fraction of sp³-hybridized carbons (Fsp3) is 0.400. The first-order valence-electron chi connectivity index (χ1n) is 9.33. The zero-order chi connectivity index (χ0) is 20.1. The monoisotopic (exact) mass is 402 g/mol. The number of piperidine rings is 1. The molecule has 0 atom stereocenters. The van der Waals surface area contributed by atoms with Gasteiger partial charge in [0.15, 0.2) is 0 Å². The molecule has 1 aromatic heterocycles. The number of sulfonamides is 1. The topological polar surface area (TPSA) is 82.6 Å². The Labute approximate surface area is 166 Å². The van der Waals surface area contributed by atoms with Crippen molar-refractivity contribution >= 4 is 21.7 Å². The first-order valence-corrected chi connectivity index (χ1v) is 10.8. The SMILES string of the molecule is CN(C)c1ncccc1CNC(=O)C1CCN(S(=O)(=O)c2ccccc2)CC1. The molecule has 1 saturated heterocycles. The van der Waals surface area contributed by atoms with E-state index in [1.54, 1.807) is 36.5 Å². The highest BCUT2D eigenvalue weighted by Crippen LogP contribution is 2.24. The number of aromatic nitrogens is 1. The summed E-state index contributed by atoms with van der Waals surface area (Å²) in [6, 6.07) is 12.2. The maximum atomic E-state index is 12.7. The molecule has 8 heteroatoms. The third-order valence-corrected chi connectivity index (χ3v) is 6.86. The molecule has 0 saturated carbocycles. The van der Waals surface area contributed by atoms with Gasteiger partial charge in [0.2, 0.25) is 15.9 Å². The smallest absolute Gasteiger partial charge is 0.243 e. The molecule has 150 valence electrons. The van der Waals surface area contributed by atoms with Crippen molar-refractivity contribution in [1.29, 1.82) is 0 Å². The van der Waals surface area contributed by atoms with E-state index in [0.717, 1.165) is 11.4 Å². The molecule has 1 fully saturated rings. The Balaban J connectivity index is 1.56. The van der Waals surface area contributed by atoms with E-state index in [4.69, 9.17) is 0 Å². The molecule has 3 rings (SSSR count). The van der Waals surface area contributed by atoms with Gasteiger partial charge in [-0.1, -0.05) is 24.3 Å². The Bertz CT molecular complexity index is 908. The van der Waals surface area contributed by atoms with Crippen molar-refractivity contribution in [3.05, 3.63) is 54.2 Å². The molecular weight excluding hydrogens is 376 g/mol. The summed E-state index contributed by atoms with van der Waals surface area (Å²) in [4.78, 5) is 19.1. The molecule has 1 amide bonds. The van der Waals surface area contributed by atoms with Crippen LogP contribution in [0.1, 0.15) is 18.4 Å². The Kier molecular flexibility index (Phi) is 6.31. The fourth-order valence-corrected chi connectivity index (χ4v) is 4.89. The van der Waals surface area contributed by atoms with Gasteiger partial charge in [0.05, 0.1) is 4.90 Å². The summed E-state index contributed by atoms with van der Waals surface area (Å²) in [5.41, 5.74) is 0.949. The molecule has 0 radical (unpaired) electrons. The van der Waals surface area contributed by atoms with Gasteiger partial charge in [0, 0.05) is 51.4 Å². The normalized spacial score (nSPS) is 15.9. The Morgan fingerprint density at radius 1 is 1.14 bits per heavy atom. The van der Waals surface area contributed by atoms with E-state index in [9.17, 15) is 13.2 Å². The highest BCUT2D eigenvalue weighted by molar-refractivity contribution is 7.89. The van der Waals surface area contributed by atoms with Crippen LogP contribution >= 0.6 is 0 Å². The average Bonchev–Trinajstić information content (AvgIpc) is 2.73. The van der Waals surface area contributed by atoms with E-state index >= 15 is 0 Å². The van der Waals surface area contributed by atoms with Gasteiger partial charge in [-0.25, -0.2) is 13.4 Å². The number of hydrogen-bond donors (Lipinski definition) is 1. The predicted octanol–water partition coefficient (Wildman–Crippen LogP) is 1.86. The summed E-state index contributed by atoms with van der Waals surface area (Å²) in [5, 5.41) is 2.98. The van der Waals surface area contributed by atoms with Crippen molar-refractivity contribution < 1.29 is 13.2 Å². The first kappa shape index (κ1) is 20.3. The second kappa shape index (κ2) is 8.70. The van der Waals surface area contributed by atoms with Crippen LogP contribution in [0, 0.1) is 5.92 Å². The predicted molar refractivity (Wildman–Crippen MR) is 108 cm³/mol. The van der Waals surface area contributed by atoms with E-state index in [1.165, 1.54) is 4.31 Å². The number of pyridine rings is 1. The fourth-order valence-electron chi connectivity index (χ4n) is 3.40. The van der Waals surface area contributed by atoms with E-state index in [0.29, 0.717) is 37.4 Å². The van der Waals surface area contributed by atoms with Gasteiger partial charge in [-0.05, 0) is 31.0 Å². The van der Waals surface area contributed by atoms with Crippen LogP contribution in [0.25, 0.3) is 0 Å². The van der Waals surface area contributed by atoms with Crippen molar-refractivity contribution in [3.8, 4) is 0 Å². The van der Waals surface area contributed by atoms with Gasteiger partial charge in [-0.3, -0.25) is 4.79 Å². The number of nitrogens with zero attached hydrogens (tertiary/aromatic N) is 3. The zero-order valence-corrected chi connectivity index (χ0v) is 17.0. The maximum Gasteiger partial charge on any atom is 0.243 e. The lowest BCUT2D eigenvalue weighted by atomic mass is 9.97. The number of nitrogens with one attached hydrogen (secondary N) is 1. The van der Waals surface area contributed by atoms with Gasteiger partial charge < -0.3 is 10.2 Å². The summed E-state index contributed by atoms with van der Waals surface area (Å²) < 4.78 is 26.8. The van der Waals surface area contributed by atoms with Crippen molar-refractivity contribution in [2.75, 3.05) is 32.1 Å². The largest absolute Gasteiger partial charge is 0.362 e. The third kappa shape index (κ3) is 4.51. The highest BCUT2D eigenvalue weighted by Gasteiger charge is 2.31. The van der Waals surface area contributed by atoms with Crippen LogP contribution in [-0.4, -0.2) is 50.8 Å². The maximum absolute atomic E-state index is 12.7. The van der Waals surface area contributed by atoms with Crippen molar-refractivity contribution in [1.82, 2.24) is 14.6 Å². The number of hydrogen-bond acceptors (Lipinski definition) is 5. The molecule has 0 bridgehead atoms.